The van der Waals surface area contributed by atoms with Crippen molar-refractivity contribution in [3.8, 4) is 5.95 Å². The van der Waals surface area contributed by atoms with E-state index in [0.29, 0.717) is 12.5 Å². The van der Waals surface area contributed by atoms with E-state index in [0.717, 1.165) is 5.69 Å². The van der Waals surface area contributed by atoms with Gasteiger partial charge in [0.15, 0.2) is 6.39 Å². The Morgan fingerprint density at radius 3 is 3.60 bits per heavy atom. The van der Waals surface area contributed by atoms with Gasteiger partial charge in [-0.1, -0.05) is 6.08 Å². The number of nitrogens with zero attached hydrogens (tertiary/aromatic N) is 1. The maximum absolute atomic E-state index is 4.95. The maximum atomic E-state index is 4.95. The van der Waals surface area contributed by atoms with Crippen LogP contribution in [0.3, 0.4) is 0 Å². The molecule has 52 valence electrons. The van der Waals surface area contributed by atoms with Crippen LogP contribution >= 0.6 is 0 Å². The number of hydroxylamine groups is 1. The quantitative estimate of drug-likeness (QED) is 0.569. The summed E-state index contributed by atoms with van der Waals surface area (Å²) < 4.78 is 4.89. The Kier molecular flexibility index (Phi) is 1.18. The molecule has 1 N–H and O–H groups in total. The first-order valence-electron chi connectivity index (χ1n) is 2.96. The zero-order valence-corrected chi connectivity index (χ0v) is 5.20. The minimum atomic E-state index is 0.425. The standard InChI is InChI=1S/C6H6N2O2/c1-2-5-6(9-4-7-5)10-8-3-1/h1-2,4,8H,3H2. The molecule has 4 nitrogen and oxygen atoms in total. The fourth-order valence-corrected chi connectivity index (χ4v) is 0.757. The second-order valence-corrected chi connectivity index (χ2v) is 1.88. The lowest BCUT2D eigenvalue weighted by Crippen LogP contribution is -2.16. The van der Waals surface area contributed by atoms with E-state index in [2.05, 4.69) is 10.5 Å². The van der Waals surface area contributed by atoms with Gasteiger partial charge >= 0.3 is 5.95 Å². The highest BCUT2D eigenvalue weighted by molar-refractivity contribution is 5.49. The Morgan fingerprint density at radius 1 is 1.60 bits per heavy atom. The molecule has 0 fully saturated rings. The molecule has 0 aliphatic carbocycles. The number of oxazole rings is 1. The maximum Gasteiger partial charge on any atom is 0.332 e. The highest BCUT2D eigenvalue weighted by atomic mass is 16.7. The van der Waals surface area contributed by atoms with Crippen LogP contribution in [0.4, 0.5) is 0 Å². The summed E-state index contributed by atoms with van der Waals surface area (Å²) >= 11 is 0. The molecule has 0 spiro atoms. The highest BCUT2D eigenvalue weighted by Gasteiger charge is 2.07. The zero-order chi connectivity index (χ0) is 6.81. The Labute approximate surface area is 57.5 Å². The summed E-state index contributed by atoms with van der Waals surface area (Å²) in [7, 11) is 0. The molecule has 2 heterocycles. The average molecular weight is 138 g/mol. The fourth-order valence-electron chi connectivity index (χ4n) is 0.757. The second-order valence-electron chi connectivity index (χ2n) is 1.88. The third kappa shape index (κ3) is 0.784. The van der Waals surface area contributed by atoms with Gasteiger partial charge in [0.05, 0.1) is 6.54 Å². The minimum Gasteiger partial charge on any atom is -0.411 e. The summed E-state index contributed by atoms with van der Waals surface area (Å²) in [6.45, 7) is 0.672. The summed E-state index contributed by atoms with van der Waals surface area (Å²) in [5.41, 5.74) is 3.40. The number of fused-ring (bicyclic) bond motifs is 1. The van der Waals surface area contributed by atoms with E-state index in [1.165, 1.54) is 6.39 Å². The molecule has 0 aromatic carbocycles. The van der Waals surface area contributed by atoms with Crippen molar-refractivity contribution in [2.45, 2.75) is 0 Å². The summed E-state index contributed by atoms with van der Waals surface area (Å²) in [6, 6.07) is 0. The average Bonchev–Trinajstić information content (AvgIpc) is 2.28. The zero-order valence-electron chi connectivity index (χ0n) is 5.20. The van der Waals surface area contributed by atoms with E-state index in [9.17, 15) is 0 Å². The molecular weight excluding hydrogens is 132 g/mol. The van der Waals surface area contributed by atoms with E-state index >= 15 is 0 Å². The third-order valence-electron chi connectivity index (χ3n) is 1.20. The number of nitrogens with one attached hydrogen (secondary N) is 1. The molecule has 0 saturated carbocycles. The van der Waals surface area contributed by atoms with Gasteiger partial charge in [0, 0.05) is 0 Å². The van der Waals surface area contributed by atoms with Gasteiger partial charge in [-0.05, 0) is 6.08 Å². The van der Waals surface area contributed by atoms with Gasteiger partial charge in [-0.15, -0.1) is 5.48 Å². The predicted molar refractivity (Wildman–Crippen MR) is 34.2 cm³/mol. The van der Waals surface area contributed by atoms with E-state index in [-0.39, 0.29) is 0 Å². The number of aromatic nitrogens is 1. The first kappa shape index (κ1) is 5.49. The monoisotopic (exact) mass is 138 g/mol. The molecule has 0 amide bonds. The van der Waals surface area contributed by atoms with Gasteiger partial charge in [-0.25, -0.2) is 4.98 Å². The normalized spacial score (nSPS) is 15.6. The van der Waals surface area contributed by atoms with Crippen molar-refractivity contribution < 1.29 is 9.25 Å². The molecule has 0 saturated heterocycles. The van der Waals surface area contributed by atoms with Crippen LogP contribution in [-0.2, 0) is 0 Å². The van der Waals surface area contributed by atoms with Crippen molar-refractivity contribution >= 4 is 6.08 Å². The molecule has 2 rings (SSSR count). The van der Waals surface area contributed by atoms with Gasteiger partial charge in [0.25, 0.3) is 0 Å². The molecule has 10 heavy (non-hydrogen) atoms. The summed E-state index contributed by atoms with van der Waals surface area (Å²) in [6.07, 6.45) is 5.11. The number of rotatable bonds is 0. The lowest BCUT2D eigenvalue weighted by Gasteiger charge is -1.96. The molecule has 4 heteroatoms. The largest absolute Gasteiger partial charge is 0.411 e. The van der Waals surface area contributed by atoms with Crippen molar-refractivity contribution in [1.82, 2.24) is 10.5 Å². The Bertz CT molecular complexity index is 254. The number of hydrogen-bond donors (Lipinski definition) is 1. The lowest BCUT2D eigenvalue weighted by molar-refractivity contribution is 0.159. The Hall–Kier alpha value is -1.29. The summed E-state index contributed by atoms with van der Waals surface area (Å²) in [4.78, 5) is 8.85. The smallest absolute Gasteiger partial charge is 0.332 e. The minimum absolute atomic E-state index is 0.425. The van der Waals surface area contributed by atoms with Crippen LogP contribution in [0.15, 0.2) is 16.9 Å². The second kappa shape index (κ2) is 2.15. The first-order chi connectivity index (χ1) is 4.97. The van der Waals surface area contributed by atoms with Crippen molar-refractivity contribution in [3.63, 3.8) is 0 Å². The van der Waals surface area contributed by atoms with Crippen molar-refractivity contribution in [1.29, 1.82) is 0 Å². The van der Waals surface area contributed by atoms with Crippen LogP contribution in [0.25, 0.3) is 6.08 Å². The summed E-state index contributed by atoms with van der Waals surface area (Å²) in [5, 5.41) is 0. The number of hydrogen-bond acceptors (Lipinski definition) is 4. The molecule has 0 unspecified atom stereocenters. The van der Waals surface area contributed by atoms with Crippen molar-refractivity contribution in [2.24, 2.45) is 0 Å². The van der Waals surface area contributed by atoms with Crippen LogP contribution < -0.4 is 10.3 Å². The summed E-state index contributed by atoms with van der Waals surface area (Å²) in [5.74, 6) is 0.425. The Balaban J connectivity index is 2.42. The predicted octanol–water partition coefficient (Wildman–Crippen LogP) is 0.585. The van der Waals surface area contributed by atoms with E-state index in [1.807, 2.05) is 12.2 Å². The SMILES string of the molecule is C1=Cc2ncoc2ONC1. The van der Waals surface area contributed by atoms with Crippen molar-refractivity contribution in [2.75, 3.05) is 6.54 Å². The topological polar surface area (TPSA) is 47.3 Å². The highest BCUT2D eigenvalue weighted by Crippen LogP contribution is 2.17. The van der Waals surface area contributed by atoms with Crippen LogP contribution in [0.5, 0.6) is 5.95 Å². The van der Waals surface area contributed by atoms with Gasteiger partial charge in [0.1, 0.15) is 5.69 Å². The lowest BCUT2D eigenvalue weighted by atomic mass is 10.4. The third-order valence-corrected chi connectivity index (χ3v) is 1.20. The van der Waals surface area contributed by atoms with Crippen LogP contribution in [0.1, 0.15) is 5.69 Å². The van der Waals surface area contributed by atoms with E-state index in [1.54, 1.807) is 0 Å². The van der Waals surface area contributed by atoms with Gasteiger partial charge in [-0.3, -0.25) is 0 Å². The van der Waals surface area contributed by atoms with Gasteiger partial charge in [0.2, 0.25) is 0 Å². The van der Waals surface area contributed by atoms with Crippen molar-refractivity contribution in [3.05, 3.63) is 18.2 Å². The molecule has 1 aromatic heterocycles. The van der Waals surface area contributed by atoms with Crippen LogP contribution in [0.2, 0.25) is 0 Å². The molecule has 1 aliphatic rings. The molecule has 0 bridgehead atoms. The van der Waals surface area contributed by atoms with Gasteiger partial charge < -0.3 is 9.25 Å². The molecule has 1 aliphatic heterocycles. The van der Waals surface area contributed by atoms with E-state index in [4.69, 9.17) is 9.25 Å². The molecule has 1 aromatic rings. The van der Waals surface area contributed by atoms with Crippen LogP contribution in [0, 0.1) is 0 Å². The fraction of sp³-hybridized carbons (Fsp3) is 0.167. The molecule has 0 atom stereocenters. The molecule has 0 radical (unpaired) electrons. The van der Waals surface area contributed by atoms with Gasteiger partial charge in [-0.2, -0.15) is 0 Å². The Morgan fingerprint density at radius 2 is 2.60 bits per heavy atom. The van der Waals surface area contributed by atoms with Crippen LogP contribution in [-0.4, -0.2) is 11.5 Å². The first-order valence-corrected chi connectivity index (χ1v) is 2.96. The van der Waals surface area contributed by atoms with E-state index < -0.39 is 0 Å². The molecular formula is C6H6N2O2.